The van der Waals surface area contributed by atoms with Crippen LogP contribution in [0.3, 0.4) is 0 Å². The van der Waals surface area contributed by atoms with E-state index in [1.54, 1.807) is 24.2 Å². The predicted molar refractivity (Wildman–Crippen MR) is 92.6 cm³/mol. The highest BCUT2D eigenvalue weighted by molar-refractivity contribution is 5.92. The van der Waals surface area contributed by atoms with Crippen molar-refractivity contribution >= 4 is 11.6 Å². The smallest absolute Gasteiger partial charge is 0.228 e. The highest BCUT2D eigenvalue weighted by Crippen LogP contribution is 2.16. The highest BCUT2D eigenvalue weighted by atomic mass is 16.5. The molecule has 0 atom stereocenters. The molecule has 0 saturated carbocycles. The van der Waals surface area contributed by atoms with Crippen molar-refractivity contribution in [3.8, 4) is 5.75 Å². The maximum absolute atomic E-state index is 12.2. The first kappa shape index (κ1) is 16.8. The first-order valence-corrected chi connectivity index (χ1v) is 7.92. The molecule has 1 aromatic carbocycles. The standard InChI is InChI=1S/C18H20N4O3/c1-12-17(13(2)25-21-12)11-22-10-15(9-19-22)20-18(23)8-14-4-6-16(24-3)7-5-14/h4-7,9-10H,8,11H2,1-3H3,(H,20,23). The number of carbonyl (C=O) groups excluding carboxylic acids is 1. The van der Waals surface area contributed by atoms with Gasteiger partial charge in [0.2, 0.25) is 5.91 Å². The van der Waals surface area contributed by atoms with Crippen LogP contribution in [0.4, 0.5) is 5.69 Å². The highest BCUT2D eigenvalue weighted by Gasteiger charge is 2.11. The molecule has 0 radical (unpaired) electrons. The molecule has 0 fully saturated rings. The van der Waals surface area contributed by atoms with Crippen LogP contribution >= 0.6 is 0 Å². The summed E-state index contributed by atoms with van der Waals surface area (Å²) < 4.78 is 12.0. The molecule has 0 aliphatic carbocycles. The lowest BCUT2D eigenvalue weighted by molar-refractivity contribution is -0.115. The summed E-state index contributed by atoms with van der Waals surface area (Å²) in [5.74, 6) is 1.45. The fraction of sp³-hybridized carbons (Fsp3) is 0.278. The molecular formula is C18H20N4O3. The molecule has 0 unspecified atom stereocenters. The van der Waals surface area contributed by atoms with E-state index in [4.69, 9.17) is 9.26 Å². The molecule has 7 nitrogen and oxygen atoms in total. The molecule has 0 spiro atoms. The zero-order chi connectivity index (χ0) is 17.8. The van der Waals surface area contributed by atoms with Gasteiger partial charge >= 0.3 is 0 Å². The maximum Gasteiger partial charge on any atom is 0.228 e. The van der Waals surface area contributed by atoms with Crippen LogP contribution in [-0.4, -0.2) is 28.0 Å². The number of amides is 1. The van der Waals surface area contributed by atoms with E-state index in [1.165, 1.54) is 0 Å². The number of hydrogen-bond acceptors (Lipinski definition) is 5. The Labute approximate surface area is 145 Å². The summed E-state index contributed by atoms with van der Waals surface area (Å²) in [6, 6.07) is 7.42. The summed E-state index contributed by atoms with van der Waals surface area (Å²) in [4.78, 5) is 12.2. The topological polar surface area (TPSA) is 82.2 Å². The third kappa shape index (κ3) is 4.06. The molecule has 1 amide bonds. The van der Waals surface area contributed by atoms with Crippen molar-refractivity contribution in [2.45, 2.75) is 26.8 Å². The fourth-order valence-corrected chi connectivity index (χ4v) is 2.54. The lowest BCUT2D eigenvalue weighted by atomic mass is 10.1. The summed E-state index contributed by atoms with van der Waals surface area (Å²) >= 11 is 0. The van der Waals surface area contributed by atoms with Gasteiger partial charge in [0.15, 0.2) is 0 Å². The normalized spacial score (nSPS) is 10.7. The molecule has 1 N–H and O–H groups in total. The molecule has 2 heterocycles. The summed E-state index contributed by atoms with van der Waals surface area (Å²) in [5, 5.41) is 11.1. The predicted octanol–water partition coefficient (Wildman–Crippen LogP) is 2.73. The minimum atomic E-state index is -0.0953. The zero-order valence-corrected chi connectivity index (χ0v) is 14.4. The third-order valence-electron chi connectivity index (χ3n) is 3.94. The van der Waals surface area contributed by atoms with Crippen LogP contribution in [0.25, 0.3) is 0 Å². The van der Waals surface area contributed by atoms with Crippen LogP contribution in [-0.2, 0) is 17.8 Å². The number of aromatic nitrogens is 3. The van der Waals surface area contributed by atoms with Gasteiger partial charge < -0.3 is 14.6 Å². The van der Waals surface area contributed by atoms with Gasteiger partial charge in [0.05, 0.1) is 37.7 Å². The SMILES string of the molecule is COc1ccc(CC(=O)Nc2cnn(Cc3c(C)noc3C)c2)cc1. The molecule has 130 valence electrons. The van der Waals surface area contributed by atoms with Crippen LogP contribution < -0.4 is 10.1 Å². The minimum absolute atomic E-state index is 0.0953. The fourth-order valence-electron chi connectivity index (χ4n) is 2.54. The van der Waals surface area contributed by atoms with E-state index in [1.807, 2.05) is 38.1 Å². The summed E-state index contributed by atoms with van der Waals surface area (Å²) in [5.41, 5.74) is 3.42. The monoisotopic (exact) mass is 340 g/mol. The number of benzene rings is 1. The number of aryl methyl sites for hydroxylation is 2. The lowest BCUT2D eigenvalue weighted by Gasteiger charge is -2.04. The number of hydrogen-bond donors (Lipinski definition) is 1. The van der Waals surface area contributed by atoms with E-state index in [2.05, 4.69) is 15.6 Å². The van der Waals surface area contributed by atoms with Crippen LogP contribution in [0, 0.1) is 13.8 Å². The van der Waals surface area contributed by atoms with Crippen molar-refractivity contribution in [2.75, 3.05) is 12.4 Å². The average Bonchev–Trinajstić information content (AvgIpc) is 3.17. The van der Waals surface area contributed by atoms with Crippen molar-refractivity contribution in [2.24, 2.45) is 0 Å². The number of anilines is 1. The second-order valence-corrected chi connectivity index (χ2v) is 5.80. The summed E-state index contributed by atoms with van der Waals surface area (Å²) in [7, 11) is 1.61. The molecule has 3 rings (SSSR count). The largest absolute Gasteiger partial charge is 0.497 e. The Morgan fingerprint density at radius 3 is 2.68 bits per heavy atom. The van der Waals surface area contributed by atoms with E-state index in [0.29, 0.717) is 18.7 Å². The first-order chi connectivity index (χ1) is 12.0. The third-order valence-corrected chi connectivity index (χ3v) is 3.94. The Morgan fingerprint density at radius 2 is 2.04 bits per heavy atom. The number of methoxy groups -OCH3 is 1. The first-order valence-electron chi connectivity index (χ1n) is 7.92. The van der Waals surface area contributed by atoms with Crippen LogP contribution in [0.2, 0.25) is 0 Å². The van der Waals surface area contributed by atoms with Crippen LogP contribution in [0.5, 0.6) is 5.75 Å². The Bertz CT molecular complexity index is 845. The quantitative estimate of drug-likeness (QED) is 0.746. The second-order valence-electron chi connectivity index (χ2n) is 5.80. The summed E-state index contributed by atoms with van der Waals surface area (Å²) in [6.45, 7) is 4.32. The zero-order valence-electron chi connectivity index (χ0n) is 14.4. The maximum atomic E-state index is 12.2. The van der Waals surface area contributed by atoms with Crippen molar-refractivity contribution in [1.82, 2.24) is 14.9 Å². The van der Waals surface area contributed by atoms with Gasteiger partial charge in [-0.1, -0.05) is 17.3 Å². The van der Waals surface area contributed by atoms with Gasteiger partial charge in [-0.05, 0) is 31.5 Å². The molecule has 0 bridgehead atoms. The summed E-state index contributed by atoms with van der Waals surface area (Å²) in [6.07, 6.45) is 3.71. The average molecular weight is 340 g/mol. The Morgan fingerprint density at radius 1 is 1.28 bits per heavy atom. The van der Waals surface area contributed by atoms with Crippen LogP contribution in [0.1, 0.15) is 22.6 Å². The lowest BCUT2D eigenvalue weighted by Crippen LogP contribution is -2.14. The van der Waals surface area contributed by atoms with Gasteiger partial charge in [0.1, 0.15) is 11.5 Å². The van der Waals surface area contributed by atoms with E-state index in [-0.39, 0.29) is 5.91 Å². The van der Waals surface area contributed by atoms with Crippen LogP contribution in [0.15, 0.2) is 41.2 Å². The van der Waals surface area contributed by atoms with Gasteiger partial charge in [0.25, 0.3) is 0 Å². The number of rotatable bonds is 6. The van der Waals surface area contributed by atoms with Crippen molar-refractivity contribution < 1.29 is 14.1 Å². The molecule has 7 heteroatoms. The van der Waals surface area contributed by atoms with Gasteiger partial charge in [0, 0.05) is 11.8 Å². The van der Waals surface area contributed by atoms with Gasteiger partial charge in [-0.2, -0.15) is 5.10 Å². The van der Waals surface area contributed by atoms with E-state index in [0.717, 1.165) is 28.3 Å². The minimum Gasteiger partial charge on any atom is -0.497 e. The van der Waals surface area contributed by atoms with E-state index in [9.17, 15) is 4.79 Å². The molecular weight excluding hydrogens is 320 g/mol. The number of carbonyl (C=O) groups is 1. The Balaban J connectivity index is 1.59. The molecule has 0 saturated heterocycles. The number of ether oxygens (including phenoxy) is 1. The molecule has 2 aromatic heterocycles. The number of nitrogens with one attached hydrogen (secondary N) is 1. The van der Waals surface area contributed by atoms with Crippen molar-refractivity contribution in [3.05, 3.63) is 59.2 Å². The van der Waals surface area contributed by atoms with Gasteiger partial charge in [-0.25, -0.2) is 0 Å². The second kappa shape index (κ2) is 7.21. The Kier molecular flexibility index (Phi) is 4.83. The van der Waals surface area contributed by atoms with Gasteiger partial charge in [-0.3, -0.25) is 9.48 Å². The van der Waals surface area contributed by atoms with E-state index >= 15 is 0 Å². The molecule has 25 heavy (non-hydrogen) atoms. The molecule has 0 aliphatic rings. The van der Waals surface area contributed by atoms with Crippen molar-refractivity contribution in [3.63, 3.8) is 0 Å². The van der Waals surface area contributed by atoms with E-state index < -0.39 is 0 Å². The van der Waals surface area contributed by atoms with Crippen molar-refractivity contribution in [1.29, 1.82) is 0 Å². The van der Waals surface area contributed by atoms with Gasteiger partial charge in [-0.15, -0.1) is 0 Å². The molecule has 0 aliphatic heterocycles. The number of nitrogens with zero attached hydrogens (tertiary/aromatic N) is 3. The molecule has 3 aromatic rings. The Hall–Kier alpha value is -3.09.